The largest absolute Gasteiger partial charge is 0.459 e. The molecule has 0 radical (unpaired) electrons. The highest BCUT2D eigenvalue weighted by Gasteiger charge is 2.34. The number of nitrogens with zero attached hydrogens (tertiary/aromatic N) is 3. The van der Waals surface area contributed by atoms with Gasteiger partial charge in [0.05, 0.1) is 6.26 Å². The summed E-state index contributed by atoms with van der Waals surface area (Å²) in [5.74, 6) is 0.484. The second kappa shape index (κ2) is 8.61. The van der Waals surface area contributed by atoms with Crippen LogP contribution in [0.2, 0.25) is 0 Å². The topological polar surface area (TPSA) is 57.0 Å². The van der Waals surface area contributed by atoms with Crippen LogP contribution >= 0.6 is 0 Å². The van der Waals surface area contributed by atoms with E-state index in [0.717, 1.165) is 31.5 Å². The van der Waals surface area contributed by atoms with Crippen LogP contribution in [0.5, 0.6) is 0 Å². The van der Waals surface area contributed by atoms with E-state index in [4.69, 9.17) is 4.42 Å². The van der Waals surface area contributed by atoms with Crippen molar-refractivity contribution in [1.82, 2.24) is 14.7 Å². The number of carbonyl (C=O) groups excluding carboxylic acids is 2. The number of likely N-dealkylation sites (tertiary alicyclic amines) is 1. The van der Waals surface area contributed by atoms with Gasteiger partial charge in [0.15, 0.2) is 5.76 Å². The Balaban J connectivity index is 1.48. The smallest absolute Gasteiger partial charge is 0.289 e. The Hall–Kier alpha value is -2.60. The van der Waals surface area contributed by atoms with Crippen molar-refractivity contribution in [2.24, 2.45) is 0 Å². The number of benzene rings is 1. The second-order valence-electron chi connectivity index (χ2n) is 7.50. The maximum absolute atomic E-state index is 13.4. The zero-order chi connectivity index (χ0) is 19.3. The van der Waals surface area contributed by atoms with Crippen molar-refractivity contribution in [3.63, 3.8) is 0 Å². The van der Waals surface area contributed by atoms with Gasteiger partial charge < -0.3 is 14.2 Å². The fourth-order valence-electron chi connectivity index (χ4n) is 4.17. The fraction of sp³-hybridized carbons (Fsp3) is 0.455. The van der Waals surface area contributed by atoms with E-state index in [0.29, 0.717) is 31.9 Å². The normalized spacial score (nSPS) is 19.4. The molecular weight excluding hydrogens is 354 g/mol. The lowest BCUT2D eigenvalue weighted by molar-refractivity contribution is -0.138. The molecule has 0 aliphatic carbocycles. The first-order valence-electron chi connectivity index (χ1n) is 10.1. The zero-order valence-electron chi connectivity index (χ0n) is 16.1. The van der Waals surface area contributed by atoms with E-state index in [9.17, 15) is 9.59 Å². The summed E-state index contributed by atoms with van der Waals surface area (Å²) in [6.45, 7) is 4.22. The van der Waals surface area contributed by atoms with Crippen molar-refractivity contribution in [2.75, 3.05) is 39.3 Å². The number of rotatable bonds is 4. The van der Waals surface area contributed by atoms with Crippen LogP contribution in [0.3, 0.4) is 0 Å². The van der Waals surface area contributed by atoms with Gasteiger partial charge in [0.1, 0.15) is 6.04 Å². The number of piperidine rings is 1. The molecule has 6 nitrogen and oxygen atoms in total. The summed E-state index contributed by atoms with van der Waals surface area (Å²) in [6.07, 6.45) is 4.89. The molecular formula is C22H27N3O3. The van der Waals surface area contributed by atoms with Crippen molar-refractivity contribution in [1.29, 1.82) is 0 Å². The lowest BCUT2D eigenvalue weighted by Gasteiger charge is -2.40. The Bertz CT molecular complexity index is 777. The molecule has 148 valence electrons. The summed E-state index contributed by atoms with van der Waals surface area (Å²) >= 11 is 0. The lowest BCUT2D eigenvalue weighted by Crippen LogP contribution is -2.53. The third kappa shape index (κ3) is 3.97. The molecule has 2 fully saturated rings. The van der Waals surface area contributed by atoms with Crippen molar-refractivity contribution in [3.8, 4) is 0 Å². The van der Waals surface area contributed by atoms with Crippen LogP contribution in [0.4, 0.5) is 0 Å². The van der Waals surface area contributed by atoms with Gasteiger partial charge >= 0.3 is 0 Å². The Morgan fingerprint density at radius 3 is 2.14 bits per heavy atom. The van der Waals surface area contributed by atoms with Gasteiger partial charge in [-0.15, -0.1) is 0 Å². The molecule has 3 heterocycles. The van der Waals surface area contributed by atoms with Crippen molar-refractivity contribution < 1.29 is 14.0 Å². The van der Waals surface area contributed by atoms with Gasteiger partial charge in [0.2, 0.25) is 5.91 Å². The molecule has 2 aliphatic heterocycles. The Kier molecular flexibility index (Phi) is 5.76. The standard InChI is InChI=1S/C22H27N3O3/c26-21(19-10-7-17-28-19)25-15-13-23(14-16-25)20(18-8-3-1-4-9-18)22(27)24-11-5-2-6-12-24/h1,3-4,7-10,17,20H,2,5-6,11-16H2/t20-/m1/s1. The first kappa shape index (κ1) is 18.7. The maximum Gasteiger partial charge on any atom is 0.289 e. The SMILES string of the molecule is O=C(c1ccco1)N1CCN([C@@H](C(=O)N2CCCCC2)c2ccccc2)CC1. The van der Waals surface area contributed by atoms with E-state index >= 15 is 0 Å². The molecule has 2 aliphatic rings. The molecule has 0 unspecified atom stereocenters. The van der Waals surface area contributed by atoms with Crippen LogP contribution in [0.25, 0.3) is 0 Å². The summed E-state index contributed by atoms with van der Waals surface area (Å²) in [6, 6.07) is 13.2. The van der Waals surface area contributed by atoms with Gasteiger partial charge in [-0.05, 0) is 37.0 Å². The number of hydrogen-bond acceptors (Lipinski definition) is 4. The quantitative estimate of drug-likeness (QED) is 0.817. The Morgan fingerprint density at radius 2 is 1.50 bits per heavy atom. The molecule has 2 amide bonds. The van der Waals surface area contributed by atoms with Crippen LogP contribution in [-0.2, 0) is 4.79 Å². The molecule has 1 aromatic carbocycles. The predicted molar refractivity (Wildman–Crippen MR) is 106 cm³/mol. The predicted octanol–water partition coefficient (Wildman–Crippen LogP) is 2.79. The molecule has 0 saturated carbocycles. The molecule has 0 N–H and O–H groups in total. The van der Waals surface area contributed by atoms with Crippen LogP contribution in [0, 0.1) is 0 Å². The minimum atomic E-state index is -0.278. The van der Waals surface area contributed by atoms with Gasteiger partial charge in [-0.1, -0.05) is 30.3 Å². The van der Waals surface area contributed by atoms with Gasteiger partial charge in [-0.2, -0.15) is 0 Å². The van der Waals surface area contributed by atoms with Crippen LogP contribution < -0.4 is 0 Å². The van der Waals surface area contributed by atoms with E-state index in [1.165, 1.54) is 12.7 Å². The summed E-state index contributed by atoms with van der Waals surface area (Å²) in [4.78, 5) is 32.0. The maximum atomic E-state index is 13.4. The van der Waals surface area contributed by atoms with Crippen LogP contribution in [-0.4, -0.2) is 65.8 Å². The Labute approximate surface area is 165 Å². The zero-order valence-corrected chi connectivity index (χ0v) is 16.1. The average molecular weight is 381 g/mol. The molecule has 28 heavy (non-hydrogen) atoms. The number of hydrogen-bond donors (Lipinski definition) is 0. The van der Waals surface area contributed by atoms with E-state index in [1.807, 2.05) is 40.1 Å². The minimum Gasteiger partial charge on any atom is -0.459 e. The lowest BCUT2D eigenvalue weighted by atomic mass is 10.0. The number of amides is 2. The number of piperazine rings is 1. The fourth-order valence-corrected chi connectivity index (χ4v) is 4.17. The summed E-state index contributed by atoms with van der Waals surface area (Å²) in [5, 5.41) is 0. The molecule has 2 aromatic rings. The van der Waals surface area contributed by atoms with E-state index in [-0.39, 0.29) is 17.9 Å². The molecule has 6 heteroatoms. The minimum absolute atomic E-state index is 0.0803. The summed E-state index contributed by atoms with van der Waals surface area (Å²) < 4.78 is 5.24. The summed E-state index contributed by atoms with van der Waals surface area (Å²) in [5.41, 5.74) is 1.03. The third-order valence-electron chi connectivity index (χ3n) is 5.72. The van der Waals surface area contributed by atoms with Crippen molar-refractivity contribution >= 4 is 11.8 Å². The van der Waals surface area contributed by atoms with Crippen molar-refractivity contribution in [2.45, 2.75) is 25.3 Å². The molecule has 1 aromatic heterocycles. The average Bonchev–Trinajstić information content (AvgIpc) is 3.30. The molecule has 0 spiro atoms. The highest BCUT2D eigenvalue weighted by Crippen LogP contribution is 2.26. The van der Waals surface area contributed by atoms with Gasteiger partial charge in [0.25, 0.3) is 5.91 Å². The number of carbonyl (C=O) groups is 2. The second-order valence-corrected chi connectivity index (χ2v) is 7.50. The first-order valence-corrected chi connectivity index (χ1v) is 10.1. The van der Waals surface area contributed by atoms with Gasteiger partial charge in [-0.3, -0.25) is 14.5 Å². The van der Waals surface area contributed by atoms with Gasteiger partial charge in [-0.25, -0.2) is 0 Å². The molecule has 4 rings (SSSR count). The Morgan fingerprint density at radius 1 is 0.786 bits per heavy atom. The molecule has 2 saturated heterocycles. The monoisotopic (exact) mass is 381 g/mol. The first-order chi connectivity index (χ1) is 13.7. The van der Waals surface area contributed by atoms with E-state index < -0.39 is 0 Å². The molecule has 1 atom stereocenters. The number of furan rings is 1. The van der Waals surface area contributed by atoms with Crippen LogP contribution in [0.1, 0.15) is 41.4 Å². The molecule has 0 bridgehead atoms. The van der Waals surface area contributed by atoms with E-state index in [1.54, 1.807) is 12.1 Å². The van der Waals surface area contributed by atoms with E-state index in [2.05, 4.69) is 4.90 Å². The highest BCUT2D eigenvalue weighted by atomic mass is 16.3. The van der Waals surface area contributed by atoms with Gasteiger partial charge in [0, 0.05) is 39.3 Å². The van der Waals surface area contributed by atoms with Crippen molar-refractivity contribution in [3.05, 3.63) is 60.1 Å². The highest BCUT2D eigenvalue weighted by molar-refractivity contribution is 5.91. The summed E-state index contributed by atoms with van der Waals surface area (Å²) in [7, 11) is 0. The van der Waals surface area contributed by atoms with Crippen LogP contribution in [0.15, 0.2) is 53.1 Å². The third-order valence-corrected chi connectivity index (χ3v) is 5.72.